The second kappa shape index (κ2) is 22.5. The van der Waals surface area contributed by atoms with Crippen molar-refractivity contribution in [2.75, 3.05) is 27.3 Å². The number of aromatic nitrogens is 2. The number of likely N-dealkylation sites (tertiary alicyclic amines) is 1. The molecule has 0 saturated carbocycles. The van der Waals surface area contributed by atoms with Gasteiger partial charge in [-0.3, -0.25) is 9.59 Å². The predicted molar refractivity (Wildman–Crippen MR) is 221 cm³/mol. The second-order valence-corrected chi connectivity index (χ2v) is 13.2. The van der Waals surface area contributed by atoms with Crippen molar-refractivity contribution in [1.29, 1.82) is 0 Å². The lowest BCUT2D eigenvalue weighted by atomic mass is 10.0. The van der Waals surface area contributed by atoms with E-state index in [2.05, 4.69) is 91.3 Å². The summed E-state index contributed by atoms with van der Waals surface area (Å²) < 4.78 is 0. The summed E-state index contributed by atoms with van der Waals surface area (Å²) in [5, 5.41) is 2.97. The molecule has 5 aromatic rings. The zero-order chi connectivity index (χ0) is 38.8. The number of aromatic amines is 1. The van der Waals surface area contributed by atoms with E-state index in [9.17, 15) is 9.59 Å². The van der Waals surface area contributed by atoms with Crippen LogP contribution in [0.1, 0.15) is 74.6 Å². The third-order valence-corrected chi connectivity index (χ3v) is 9.30. The van der Waals surface area contributed by atoms with Crippen LogP contribution in [0.3, 0.4) is 0 Å². The van der Waals surface area contributed by atoms with Crippen LogP contribution >= 0.6 is 0 Å². The van der Waals surface area contributed by atoms with Gasteiger partial charge in [0.2, 0.25) is 18.7 Å². The lowest BCUT2D eigenvalue weighted by Crippen LogP contribution is -2.37. The third kappa shape index (κ3) is 12.3. The molecule has 0 radical (unpaired) electrons. The summed E-state index contributed by atoms with van der Waals surface area (Å²) in [5.41, 5.74) is 7.25. The summed E-state index contributed by atoms with van der Waals surface area (Å²) in [6.45, 7) is 5.51. The smallest absolute Gasteiger partial charge is 0.252 e. The number of benzene rings is 4. The Kier molecular flexibility index (Phi) is 17.2. The maximum Gasteiger partial charge on any atom is 0.252 e. The van der Waals surface area contributed by atoms with Crippen LogP contribution in [-0.2, 0) is 35.6 Å². The summed E-state index contributed by atoms with van der Waals surface area (Å²) in [6, 6.07) is 32.7. The number of hydrogen-bond donors (Lipinski definition) is 2. The summed E-state index contributed by atoms with van der Waals surface area (Å²) in [5.74, 6) is 0.785. The Morgan fingerprint density at radius 3 is 2.07 bits per heavy atom. The Morgan fingerprint density at radius 1 is 0.857 bits per heavy atom. The predicted octanol–water partition coefficient (Wildman–Crippen LogP) is 8.31. The average Bonchev–Trinajstić information content (AvgIpc) is 3.84. The molecule has 1 aromatic heterocycles. The Morgan fingerprint density at radius 2 is 1.46 bits per heavy atom. The Balaban J connectivity index is 0.000000282. The number of rotatable bonds is 16. The fourth-order valence-electron chi connectivity index (χ4n) is 6.38. The first-order valence-corrected chi connectivity index (χ1v) is 18.5. The highest BCUT2D eigenvalue weighted by Gasteiger charge is 2.31. The van der Waals surface area contributed by atoms with Crippen LogP contribution in [0.2, 0.25) is 0 Å². The number of nitrogens with one attached hydrogen (secondary N) is 2. The van der Waals surface area contributed by atoms with E-state index in [0.29, 0.717) is 6.54 Å². The molecule has 12 nitrogen and oxygen atoms in total. The zero-order valence-corrected chi connectivity index (χ0v) is 31.9. The van der Waals surface area contributed by atoms with Gasteiger partial charge in [0.05, 0.1) is 25.3 Å². The standard InChI is InChI=1S/C28H30N4O3.C15H20N2O3.CH4/c1-20-11-13-21(14-12-20)23-15-16-24-25(18-23)32-26(31-24)10-6-7-17-29-28(33)27(30-19-35-34-2)22-8-4-3-5-9-22;1-12-7-6-10-17(12)15(18)14(16-11-20-19-2)13-8-4-3-5-9-13;/h3-5,8-9,11-16,18-19,27H,6-7,10,17H2,1-2H3,(H,29,33)(H,31,32);3-5,8-9,11-12,14H,6-7,10H2,1-2H3;1H4/t27-;12-,14-;/m11./s1. The molecule has 1 saturated heterocycles. The van der Waals surface area contributed by atoms with Crippen molar-refractivity contribution in [3.8, 4) is 11.1 Å². The maximum atomic E-state index is 12.7. The number of carbonyl (C=O) groups excluding carboxylic acids is 2. The fraction of sp³-hybridized carbons (Fsp3) is 0.341. The van der Waals surface area contributed by atoms with Crippen molar-refractivity contribution < 1.29 is 29.1 Å². The molecule has 2 amide bonds. The lowest BCUT2D eigenvalue weighted by molar-refractivity contribution is -0.188. The van der Waals surface area contributed by atoms with Gasteiger partial charge in [-0.1, -0.05) is 104 Å². The van der Waals surface area contributed by atoms with Crippen molar-refractivity contribution in [2.24, 2.45) is 9.98 Å². The van der Waals surface area contributed by atoms with E-state index in [4.69, 9.17) is 9.87 Å². The molecule has 1 fully saturated rings. The summed E-state index contributed by atoms with van der Waals surface area (Å²) >= 11 is 0. The molecular weight excluding hydrogens is 709 g/mol. The number of aryl methyl sites for hydroxylation is 2. The van der Waals surface area contributed by atoms with E-state index in [1.54, 1.807) is 0 Å². The Hall–Kier alpha value is -5.85. The highest BCUT2D eigenvalue weighted by Crippen LogP contribution is 2.26. The van der Waals surface area contributed by atoms with Crippen LogP contribution in [0, 0.1) is 6.92 Å². The van der Waals surface area contributed by atoms with Crippen LogP contribution in [0.25, 0.3) is 22.2 Å². The van der Waals surface area contributed by atoms with E-state index < -0.39 is 12.1 Å². The molecule has 3 atom stereocenters. The van der Waals surface area contributed by atoms with Gasteiger partial charge in [0.1, 0.15) is 5.82 Å². The van der Waals surface area contributed by atoms with E-state index in [0.717, 1.165) is 73.0 Å². The molecule has 0 spiro atoms. The van der Waals surface area contributed by atoms with Crippen molar-refractivity contribution in [3.05, 3.63) is 126 Å². The zero-order valence-electron chi connectivity index (χ0n) is 31.9. The molecule has 12 heteroatoms. The molecule has 2 N–H and O–H groups in total. The van der Waals surface area contributed by atoms with Gasteiger partial charge in [-0.2, -0.15) is 9.78 Å². The van der Waals surface area contributed by atoms with E-state index >= 15 is 0 Å². The van der Waals surface area contributed by atoms with Gasteiger partial charge < -0.3 is 25.0 Å². The molecule has 1 aliphatic rings. The summed E-state index contributed by atoms with van der Waals surface area (Å²) in [6.07, 6.45) is 6.96. The van der Waals surface area contributed by atoms with Crippen LogP contribution < -0.4 is 5.32 Å². The number of fused-ring (bicyclic) bond motifs is 1. The maximum absolute atomic E-state index is 12.7. The first kappa shape index (κ1) is 42.9. The van der Waals surface area contributed by atoms with Crippen molar-refractivity contribution >= 4 is 35.6 Å². The molecule has 296 valence electrons. The minimum Gasteiger partial charge on any atom is -0.354 e. The van der Waals surface area contributed by atoms with Gasteiger partial charge in [-0.25, -0.2) is 15.0 Å². The number of carbonyl (C=O) groups is 2. The van der Waals surface area contributed by atoms with Crippen molar-refractivity contribution in [2.45, 2.75) is 71.5 Å². The Bertz CT molecular complexity index is 1980. The number of hydrogen-bond acceptors (Lipinski definition) is 9. The minimum absolute atomic E-state index is 0. The molecule has 1 aliphatic heterocycles. The molecular formula is C44H54N6O6. The molecule has 2 heterocycles. The van der Waals surface area contributed by atoms with Gasteiger partial charge in [0, 0.05) is 25.6 Å². The van der Waals surface area contributed by atoms with Crippen molar-refractivity contribution in [3.63, 3.8) is 0 Å². The van der Waals surface area contributed by atoms with Gasteiger partial charge in [-0.15, -0.1) is 0 Å². The van der Waals surface area contributed by atoms with Crippen LogP contribution in [0.15, 0.2) is 113 Å². The van der Waals surface area contributed by atoms with Gasteiger partial charge >= 0.3 is 0 Å². The first-order chi connectivity index (χ1) is 26.9. The second-order valence-electron chi connectivity index (χ2n) is 13.2. The van der Waals surface area contributed by atoms with Crippen LogP contribution in [-0.4, -0.2) is 72.8 Å². The number of nitrogens with zero attached hydrogens (tertiary/aromatic N) is 4. The van der Waals surface area contributed by atoms with Crippen LogP contribution in [0.5, 0.6) is 0 Å². The third-order valence-electron chi connectivity index (χ3n) is 9.30. The first-order valence-electron chi connectivity index (χ1n) is 18.5. The number of unbranched alkanes of at least 4 members (excludes halogenated alkanes) is 1. The summed E-state index contributed by atoms with van der Waals surface area (Å²) in [7, 11) is 2.78. The molecule has 56 heavy (non-hydrogen) atoms. The quantitative estimate of drug-likeness (QED) is 0.0339. The largest absolute Gasteiger partial charge is 0.354 e. The SMILES string of the molecule is C.COOC=N[C@@H](C(=O)N1CCC[C@H]1C)c1ccccc1.COOC=N[C@@H](C(=O)NCCCCc1nc2ccc(-c3ccc(C)cc3)cc2[nH]1)c1ccccc1. The molecule has 4 aromatic carbocycles. The Labute approximate surface area is 329 Å². The number of imidazole rings is 1. The highest BCUT2D eigenvalue weighted by molar-refractivity contribution is 5.85. The topological polar surface area (TPSA) is 140 Å². The van der Waals surface area contributed by atoms with E-state index in [1.807, 2.05) is 65.6 Å². The van der Waals surface area contributed by atoms with Crippen molar-refractivity contribution in [1.82, 2.24) is 20.2 Å². The number of amides is 2. The lowest BCUT2D eigenvalue weighted by Gasteiger charge is -2.25. The fourth-order valence-corrected chi connectivity index (χ4v) is 6.38. The molecule has 0 unspecified atom stereocenters. The van der Waals surface area contributed by atoms with Gasteiger partial charge in [-0.05, 0) is 73.9 Å². The number of aliphatic imine (C=N–C) groups is 2. The van der Waals surface area contributed by atoms with E-state index in [1.165, 1.54) is 37.3 Å². The van der Waals surface area contributed by atoms with E-state index in [-0.39, 0.29) is 25.3 Å². The molecule has 0 bridgehead atoms. The van der Waals surface area contributed by atoms with Gasteiger partial charge in [0.15, 0.2) is 12.1 Å². The minimum atomic E-state index is -0.690. The van der Waals surface area contributed by atoms with Crippen LogP contribution in [0.4, 0.5) is 0 Å². The average molecular weight is 763 g/mol. The summed E-state index contributed by atoms with van der Waals surface area (Å²) in [4.78, 5) is 62.2. The highest BCUT2D eigenvalue weighted by atomic mass is 17.2. The monoisotopic (exact) mass is 762 g/mol. The normalized spacial score (nSPS) is 14.9. The molecule has 0 aliphatic carbocycles. The van der Waals surface area contributed by atoms with Gasteiger partial charge in [0.25, 0.3) is 5.91 Å². The molecule has 6 rings (SSSR count). The number of H-pyrrole nitrogens is 1.